The number of methoxy groups -OCH3 is 1. The lowest BCUT2D eigenvalue weighted by Crippen LogP contribution is -2.24. The van der Waals surface area contributed by atoms with Gasteiger partial charge in [-0.1, -0.05) is 46.3 Å². The molecule has 0 spiro atoms. The van der Waals surface area contributed by atoms with Gasteiger partial charge in [-0.3, -0.25) is 9.59 Å². The molecule has 3 aromatic rings. The van der Waals surface area contributed by atoms with Gasteiger partial charge in [0.2, 0.25) is 11.8 Å². The fraction of sp³-hybridized carbons (Fsp3) is 0.160. The fourth-order valence-corrected chi connectivity index (χ4v) is 3.16. The molecule has 3 rings (SSSR count). The quantitative estimate of drug-likeness (QED) is 0.245. The molecule has 0 bridgehead atoms. The van der Waals surface area contributed by atoms with Gasteiger partial charge in [-0.25, -0.2) is 5.43 Å². The largest absolute Gasteiger partial charge is 0.493 e. The Labute approximate surface area is 200 Å². The molecular weight excluding hydrogens is 486 g/mol. The average Bonchev–Trinajstić information content (AvgIpc) is 2.80. The third kappa shape index (κ3) is 7.47. The van der Waals surface area contributed by atoms with Gasteiger partial charge in [0.15, 0.2) is 11.5 Å². The van der Waals surface area contributed by atoms with E-state index in [-0.39, 0.29) is 6.42 Å². The Kier molecular flexibility index (Phi) is 8.60. The Morgan fingerprint density at radius 2 is 1.76 bits per heavy atom. The first-order valence-electron chi connectivity index (χ1n) is 10.2. The van der Waals surface area contributed by atoms with Crippen molar-refractivity contribution in [2.24, 2.45) is 5.10 Å². The second-order valence-corrected chi connectivity index (χ2v) is 8.07. The Balaban J connectivity index is 1.51. The summed E-state index contributed by atoms with van der Waals surface area (Å²) >= 11 is 3.41. The first-order chi connectivity index (χ1) is 15.9. The fourth-order valence-electron chi connectivity index (χ4n) is 2.90. The molecule has 0 aliphatic rings. The number of benzene rings is 3. The van der Waals surface area contributed by atoms with Crippen LogP contribution in [-0.2, 0) is 16.2 Å². The number of hydrazone groups is 1. The Morgan fingerprint density at radius 1 is 1.00 bits per heavy atom. The summed E-state index contributed by atoms with van der Waals surface area (Å²) in [5, 5.41) is 6.63. The number of nitrogens with zero attached hydrogens (tertiary/aromatic N) is 1. The Morgan fingerprint density at radius 3 is 2.48 bits per heavy atom. The number of halogens is 1. The minimum atomic E-state index is -0.515. The molecule has 0 aliphatic heterocycles. The van der Waals surface area contributed by atoms with Gasteiger partial charge in [-0.05, 0) is 60.0 Å². The number of amides is 2. The second kappa shape index (κ2) is 11.8. The summed E-state index contributed by atoms with van der Waals surface area (Å²) < 4.78 is 12.3. The van der Waals surface area contributed by atoms with Crippen molar-refractivity contribution in [3.8, 4) is 11.5 Å². The van der Waals surface area contributed by atoms with Crippen LogP contribution in [0.4, 0.5) is 5.69 Å². The van der Waals surface area contributed by atoms with Crippen LogP contribution in [0.2, 0.25) is 0 Å². The van der Waals surface area contributed by atoms with E-state index in [0.29, 0.717) is 29.4 Å². The van der Waals surface area contributed by atoms with Gasteiger partial charge in [-0.2, -0.15) is 5.10 Å². The Hall–Kier alpha value is -3.65. The number of nitrogens with one attached hydrogen (secondary N) is 2. The highest BCUT2D eigenvalue weighted by Crippen LogP contribution is 2.28. The molecule has 0 saturated carbocycles. The second-order valence-electron chi connectivity index (χ2n) is 7.16. The van der Waals surface area contributed by atoms with Gasteiger partial charge in [0.25, 0.3) is 0 Å². The summed E-state index contributed by atoms with van der Waals surface area (Å²) in [5.41, 5.74) is 5.68. The van der Waals surface area contributed by atoms with Gasteiger partial charge in [0, 0.05) is 10.2 Å². The predicted molar refractivity (Wildman–Crippen MR) is 132 cm³/mol. The molecule has 8 heteroatoms. The number of ether oxygens (including phenoxy) is 2. The van der Waals surface area contributed by atoms with E-state index in [2.05, 4.69) is 31.8 Å². The van der Waals surface area contributed by atoms with E-state index in [9.17, 15) is 9.59 Å². The van der Waals surface area contributed by atoms with E-state index < -0.39 is 11.8 Å². The normalized spacial score (nSPS) is 10.6. The van der Waals surface area contributed by atoms with Gasteiger partial charge in [0.05, 0.1) is 13.3 Å². The molecule has 2 N–H and O–H groups in total. The number of carbonyl (C=O) groups is 2. The van der Waals surface area contributed by atoms with Crippen molar-refractivity contribution >= 4 is 39.6 Å². The number of hydrogen-bond donors (Lipinski definition) is 2. The number of para-hydroxylation sites is 1. The monoisotopic (exact) mass is 509 g/mol. The summed E-state index contributed by atoms with van der Waals surface area (Å²) in [7, 11) is 1.55. The van der Waals surface area contributed by atoms with Crippen LogP contribution in [0.5, 0.6) is 11.5 Å². The molecule has 7 nitrogen and oxygen atoms in total. The van der Waals surface area contributed by atoms with Crippen LogP contribution in [0.15, 0.2) is 76.3 Å². The number of rotatable bonds is 9. The average molecular weight is 510 g/mol. The third-order valence-electron chi connectivity index (χ3n) is 4.64. The van der Waals surface area contributed by atoms with Crippen LogP contribution in [0.3, 0.4) is 0 Å². The SMILES string of the molecule is COc1cc(C=NNC(=O)CC(=O)Nc2ccccc2C)ccc1OCc1ccc(Br)cc1. The zero-order chi connectivity index (χ0) is 23.6. The molecule has 0 unspecified atom stereocenters. The zero-order valence-corrected chi connectivity index (χ0v) is 19.9. The summed E-state index contributed by atoms with van der Waals surface area (Å²) in [4.78, 5) is 24.1. The van der Waals surface area contributed by atoms with Crippen LogP contribution in [0, 0.1) is 6.92 Å². The molecule has 0 aromatic heterocycles. The van der Waals surface area contributed by atoms with Gasteiger partial charge in [-0.15, -0.1) is 0 Å². The van der Waals surface area contributed by atoms with Gasteiger partial charge in [0.1, 0.15) is 13.0 Å². The van der Waals surface area contributed by atoms with Crippen LogP contribution in [-0.4, -0.2) is 25.1 Å². The maximum atomic E-state index is 12.1. The van der Waals surface area contributed by atoms with Crippen molar-refractivity contribution in [1.82, 2.24) is 5.43 Å². The smallest absolute Gasteiger partial charge is 0.249 e. The van der Waals surface area contributed by atoms with Crippen molar-refractivity contribution in [3.05, 3.63) is 87.9 Å². The molecule has 0 heterocycles. The van der Waals surface area contributed by atoms with Gasteiger partial charge < -0.3 is 14.8 Å². The van der Waals surface area contributed by atoms with Crippen LogP contribution in [0.1, 0.15) is 23.1 Å². The molecular formula is C25H24BrN3O4. The molecule has 33 heavy (non-hydrogen) atoms. The van der Waals surface area contributed by atoms with E-state index in [4.69, 9.17) is 9.47 Å². The Bertz CT molecular complexity index is 1150. The summed E-state index contributed by atoms with van der Waals surface area (Å²) in [6, 6.07) is 20.5. The number of carbonyl (C=O) groups excluding carboxylic acids is 2. The first kappa shape index (κ1) is 24.0. The summed E-state index contributed by atoms with van der Waals surface area (Å²) in [5.74, 6) is 0.208. The standard InChI is InChI=1S/C25H24BrN3O4/c1-17-5-3-4-6-21(17)28-24(30)14-25(31)29-27-15-19-9-12-22(23(13-19)32-2)33-16-18-7-10-20(26)11-8-18/h3-13,15H,14,16H2,1-2H3,(H,28,30)(H,29,31). The van der Waals surface area contributed by atoms with Gasteiger partial charge >= 0.3 is 0 Å². The minimum absolute atomic E-state index is 0.335. The highest BCUT2D eigenvalue weighted by atomic mass is 79.9. The summed E-state index contributed by atoms with van der Waals surface area (Å²) in [6.45, 7) is 2.28. The predicted octanol–water partition coefficient (Wildman–Crippen LogP) is 4.82. The van der Waals surface area contributed by atoms with Crippen LogP contribution in [0.25, 0.3) is 0 Å². The maximum Gasteiger partial charge on any atom is 0.249 e. The molecule has 2 amide bonds. The van der Waals surface area contributed by atoms with Crippen molar-refractivity contribution in [2.75, 3.05) is 12.4 Å². The molecule has 0 atom stereocenters. The summed E-state index contributed by atoms with van der Waals surface area (Å²) in [6.07, 6.45) is 1.13. The lowest BCUT2D eigenvalue weighted by atomic mass is 10.2. The molecule has 0 aliphatic carbocycles. The lowest BCUT2D eigenvalue weighted by molar-refractivity contribution is -0.126. The van der Waals surface area contributed by atoms with Crippen LogP contribution < -0.4 is 20.2 Å². The van der Waals surface area contributed by atoms with Crippen LogP contribution >= 0.6 is 15.9 Å². The third-order valence-corrected chi connectivity index (χ3v) is 5.17. The lowest BCUT2D eigenvalue weighted by Gasteiger charge is -2.11. The minimum Gasteiger partial charge on any atom is -0.493 e. The molecule has 0 radical (unpaired) electrons. The zero-order valence-electron chi connectivity index (χ0n) is 18.3. The number of hydrogen-bond acceptors (Lipinski definition) is 5. The maximum absolute atomic E-state index is 12.1. The van der Waals surface area contributed by atoms with E-state index in [1.165, 1.54) is 6.21 Å². The van der Waals surface area contributed by atoms with E-state index in [1.54, 1.807) is 31.4 Å². The highest BCUT2D eigenvalue weighted by Gasteiger charge is 2.10. The van der Waals surface area contributed by atoms with E-state index >= 15 is 0 Å². The number of aryl methyl sites for hydroxylation is 1. The molecule has 0 fully saturated rings. The molecule has 0 saturated heterocycles. The first-order valence-corrected chi connectivity index (χ1v) is 11.0. The van der Waals surface area contributed by atoms with Crippen molar-refractivity contribution in [3.63, 3.8) is 0 Å². The van der Waals surface area contributed by atoms with E-state index in [1.807, 2.05) is 49.4 Å². The van der Waals surface area contributed by atoms with Crippen molar-refractivity contribution in [2.45, 2.75) is 20.0 Å². The van der Waals surface area contributed by atoms with Crippen molar-refractivity contribution < 1.29 is 19.1 Å². The van der Waals surface area contributed by atoms with E-state index in [0.717, 1.165) is 15.6 Å². The highest BCUT2D eigenvalue weighted by molar-refractivity contribution is 9.10. The molecule has 3 aromatic carbocycles. The van der Waals surface area contributed by atoms with Crippen molar-refractivity contribution in [1.29, 1.82) is 0 Å². The topological polar surface area (TPSA) is 89.0 Å². The number of anilines is 1. The molecule has 170 valence electrons.